The third-order valence-corrected chi connectivity index (χ3v) is 5.46. The Kier molecular flexibility index (Phi) is 5.52. The third-order valence-electron chi connectivity index (χ3n) is 5.46. The molecule has 9 heteroatoms. The molecule has 1 atom stereocenters. The van der Waals surface area contributed by atoms with Crippen molar-refractivity contribution in [3.05, 3.63) is 88.7 Å². The van der Waals surface area contributed by atoms with Gasteiger partial charge in [-0.2, -0.15) is 0 Å². The molecule has 0 bridgehead atoms. The highest BCUT2D eigenvalue weighted by Gasteiger charge is 2.27. The molecule has 0 fully saturated rings. The quantitative estimate of drug-likeness (QED) is 0.489. The molecule has 0 saturated heterocycles. The molecule has 8 nitrogen and oxygen atoms in total. The average Bonchev–Trinajstić information content (AvgIpc) is 3.11. The summed E-state index contributed by atoms with van der Waals surface area (Å²) in [4.78, 5) is 30.1. The second-order valence-electron chi connectivity index (χ2n) is 7.65. The van der Waals surface area contributed by atoms with Crippen LogP contribution in [0.1, 0.15) is 5.56 Å². The number of benzene rings is 2. The second kappa shape index (κ2) is 8.78. The lowest BCUT2D eigenvalue weighted by molar-refractivity contribution is -0.130. The van der Waals surface area contributed by atoms with Gasteiger partial charge in [0, 0.05) is 19.3 Å². The van der Waals surface area contributed by atoms with Crippen LogP contribution in [0.15, 0.2) is 71.7 Å². The number of nitrogens with one attached hydrogen (secondary N) is 1. The summed E-state index contributed by atoms with van der Waals surface area (Å²) in [6.07, 6.45) is 0.846. The van der Waals surface area contributed by atoms with Crippen LogP contribution in [0.3, 0.4) is 0 Å². The van der Waals surface area contributed by atoms with E-state index in [-0.39, 0.29) is 43.7 Å². The van der Waals surface area contributed by atoms with Crippen LogP contribution in [-0.4, -0.2) is 39.3 Å². The third kappa shape index (κ3) is 4.17. The summed E-state index contributed by atoms with van der Waals surface area (Å²) in [6, 6.07) is 16.8. The summed E-state index contributed by atoms with van der Waals surface area (Å²) >= 11 is 0. The van der Waals surface area contributed by atoms with Gasteiger partial charge in [-0.25, -0.2) is 14.2 Å². The second-order valence-corrected chi connectivity index (χ2v) is 7.65. The maximum Gasteiger partial charge on any atom is 0.330 e. The standard InChI is InChI=1S/C24H21FN4O4/c25-17-9-7-16(8-10-17)14-29-18-4-3-11-26-22(18)28(24(29)31)13-12-27-23(30)21-15-32-19-5-1-2-6-20(19)33-21/h1-11,21H,12-15H2,(H,27,30)/t21-/m0/s1. The number of amides is 1. The topological polar surface area (TPSA) is 87.4 Å². The molecule has 3 heterocycles. The Hall–Kier alpha value is -4.14. The molecule has 33 heavy (non-hydrogen) atoms. The summed E-state index contributed by atoms with van der Waals surface area (Å²) in [5.74, 6) is 0.476. The first-order chi connectivity index (χ1) is 16.1. The number of para-hydroxylation sites is 2. The molecule has 1 N–H and O–H groups in total. The molecule has 2 aromatic heterocycles. The zero-order valence-corrected chi connectivity index (χ0v) is 17.6. The maximum absolute atomic E-state index is 13.2. The molecule has 1 aliphatic heterocycles. The van der Waals surface area contributed by atoms with Crippen LogP contribution in [0, 0.1) is 5.82 Å². The Balaban J connectivity index is 1.29. The van der Waals surface area contributed by atoms with Gasteiger partial charge in [0.25, 0.3) is 5.91 Å². The fourth-order valence-electron chi connectivity index (χ4n) is 3.83. The smallest absolute Gasteiger partial charge is 0.330 e. The first kappa shape index (κ1) is 20.7. The minimum absolute atomic E-state index is 0.112. The number of carbonyl (C=O) groups is 1. The number of pyridine rings is 1. The molecular formula is C24H21FN4O4. The number of hydrogen-bond acceptors (Lipinski definition) is 5. The first-order valence-corrected chi connectivity index (χ1v) is 10.5. The Morgan fingerprint density at radius 2 is 1.85 bits per heavy atom. The van der Waals surface area contributed by atoms with E-state index < -0.39 is 6.10 Å². The number of fused-ring (bicyclic) bond motifs is 2. The van der Waals surface area contributed by atoms with E-state index in [4.69, 9.17) is 9.47 Å². The molecule has 1 amide bonds. The minimum atomic E-state index is -0.769. The van der Waals surface area contributed by atoms with E-state index in [2.05, 4.69) is 10.3 Å². The number of halogens is 1. The summed E-state index contributed by atoms with van der Waals surface area (Å²) in [7, 11) is 0. The molecule has 0 aliphatic carbocycles. The van der Waals surface area contributed by atoms with E-state index in [1.54, 1.807) is 41.1 Å². The van der Waals surface area contributed by atoms with Crippen molar-refractivity contribution in [2.75, 3.05) is 13.2 Å². The van der Waals surface area contributed by atoms with Crippen molar-refractivity contribution >= 4 is 17.1 Å². The van der Waals surface area contributed by atoms with Crippen molar-refractivity contribution in [1.29, 1.82) is 0 Å². The lowest BCUT2D eigenvalue weighted by Gasteiger charge is -2.25. The molecule has 0 saturated carbocycles. The molecule has 4 aromatic rings. The Morgan fingerprint density at radius 3 is 2.67 bits per heavy atom. The number of aromatic nitrogens is 3. The van der Waals surface area contributed by atoms with Crippen LogP contribution in [0.25, 0.3) is 11.2 Å². The maximum atomic E-state index is 13.2. The normalized spacial score (nSPS) is 14.9. The number of rotatable bonds is 6. The van der Waals surface area contributed by atoms with E-state index >= 15 is 0 Å². The molecule has 0 unspecified atom stereocenters. The highest BCUT2D eigenvalue weighted by atomic mass is 19.1. The van der Waals surface area contributed by atoms with Crippen LogP contribution in [0.2, 0.25) is 0 Å². The van der Waals surface area contributed by atoms with E-state index in [1.807, 2.05) is 18.2 Å². The molecule has 5 rings (SSSR count). The average molecular weight is 448 g/mol. The van der Waals surface area contributed by atoms with E-state index in [0.29, 0.717) is 22.7 Å². The molecule has 168 valence electrons. The van der Waals surface area contributed by atoms with Gasteiger partial charge in [0.1, 0.15) is 12.4 Å². The Morgan fingerprint density at radius 1 is 1.06 bits per heavy atom. The zero-order valence-electron chi connectivity index (χ0n) is 17.6. The van der Waals surface area contributed by atoms with Crippen LogP contribution >= 0.6 is 0 Å². The minimum Gasteiger partial charge on any atom is -0.485 e. The van der Waals surface area contributed by atoms with Crippen molar-refractivity contribution < 1.29 is 18.7 Å². The number of imidazole rings is 1. The molecule has 0 radical (unpaired) electrons. The van der Waals surface area contributed by atoms with E-state index in [0.717, 1.165) is 5.56 Å². The zero-order chi connectivity index (χ0) is 22.8. The van der Waals surface area contributed by atoms with Crippen molar-refractivity contribution in [2.45, 2.75) is 19.2 Å². The van der Waals surface area contributed by atoms with Crippen molar-refractivity contribution in [2.24, 2.45) is 0 Å². The van der Waals surface area contributed by atoms with Crippen molar-refractivity contribution in [3.8, 4) is 11.5 Å². The van der Waals surface area contributed by atoms with Gasteiger partial charge in [-0.3, -0.25) is 13.9 Å². The highest BCUT2D eigenvalue weighted by molar-refractivity contribution is 5.81. The van der Waals surface area contributed by atoms with E-state index in [1.165, 1.54) is 16.7 Å². The fraction of sp³-hybridized carbons (Fsp3) is 0.208. The molecule has 1 aliphatic rings. The van der Waals surface area contributed by atoms with Gasteiger partial charge in [0.2, 0.25) is 6.10 Å². The van der Waals surface area contributed by atoms with Crippen LogP contribution in [0.4, 0.5) is 4.39 Å². The molecular weight excluding hydrogens is 427 g/mol. The summed E-state index contributed by atoms with van der Waals surface area (Å²) < 4.78 is 27.7. The molecule has 0 spiro atoms. The largest absolute Gasteiger partial charge is 0.485 e. The number of hydrogen-bond donors (Lipinski definition) is 1. The lowest BCUT2D eigenvalue weighted by atomic mass is 10.2. The van der Waals surface area contributed by atoms with Gasteiger partial charge in [-0.05, 0) is 42.0 Å². The summed E-state index contributed by atoms with van der Waals surface area (Å²) in [5, 5.41) is 2.81. The van der Waals surface area contributed by atoms with Crippen molar-refractivity contribution in [1.82, 2.24) is 19.4 Å². The van der Waals surface area contributed by atoms with Gasteiger partial charge in [0.15, 0.2) is 17.1 Å². The van der Waals surface area contributed by atoms with Crippen molar-refractivity contribution in [3.63, 3.8) is 0 Å². The number of nitrogens with zero attached hydrogens (tertiary/aromatic N) is 3. The predicted octanol–water partition coefficient (Wildman–Crippen LogP) is 2.34. The monoisotopic (exact) mass is 448 g/mol. The van der Waals surface area contributed by atoms with Gasteiger partial charge >= 0.3 is 5.69 Å². The highest BCUT2D eigenvalue weighted by Crippen LogP contribution is 2.30. The predicted molar refractivity (Wildman–Crippen MR) is 119 cm³/mol. The summed E-state index contributed by atoms with van der Waals surface area (Å²) in [6.45, 7) is 0.847. The van der Waals surface area contributed by atoms with Crippen LogP contribution in [0.5, 0.6) is 11.5 Å². The Bertz CT molecular complexity index is 1360. The fourth-order valence-corrected chi connectivity index (χ4v) is 3.83. The Labute approximate surface area is 188 Å². The van der Waals surface area contributed by atoms with Gasteiger partial charge in [-0.15, -0.1) is 0 Å². The summed E-state index contributed by atoms with van der Waals surface area (Å²) in [5.41, 5.74) is 1.72. The van der Waals surface area contributed by atoms with Crippen LogP contribution < -0.4 is 20.5 Å². The van der Waals surface area contributed by atoms with Gasteiger partial charge in [0.05, 0.1) is 12.1 Å². The van der Waals surface area contributed by atoms with E-state index in [9.17, 15) is 14.0 Å². The number of carbonyl (C=O) groups excluding carboxylic acids is 1. The molecule has 2 aromatic carbocycles. The van der Waals surface area contributed by atoms with Gasteiger partial charge in [-0.1, -0.05) is 24.3 Å². The first-order valence-electron chi connectivity index (χ1n) is 10.5. The van der Waals surface area contributed by atoms with Crippen LogP contribution in [-0.2, 0) is 17.9 Å². The lowest BCUT2D eigenvalue weighted by Crippen LogP contribution is -2.45. The SMILES string of the molecule is O=C(NCCn1c(=O)n(Cc2ccc(F)cc2)c2cccnc21)[C@@H]1COc2ccccc2O1. The number of ether oxygens (including phenoxy) is 2. The van der Waals surface area contributed by atoms with Gasteiger partial charge < -0.3 is 14.8 Å².